The summed E-state index contributed by atoms with van der Waals surface area (Å²) >= 11 is 0. The molecule has 3 aromatic rings. The minimum absolute atomic E-state index is 0.0529. The molecule has 0 aliphatic rings. The predicted molar refractivity (Wildman–Crippen MR) is 142 cm³/mol. The fourth-order valence-electron chi connectivity index (χ4n) is 3.91. The Morgan fingerprint density at radius 1 is 0.600 bits per heavy atom. The standard InChI is InChI=1S/C30H38O4S/c1-7-29(5,8-2)23-11-19-27(20-12-23)35(31,32)28-21-17-25(18-22-28)33-24-13-15-26(16-14-24)34-30(6,9-3)10-4/h11-22H,7-10H2,1-6H3. The van der Waals surface area contributed by atoms with E-state index in [4.69, 9.17) is 9.47 Å². The topological polar surface area (TPSA) is 52.6 Å². The van der Waals surface area contributed by atoms with E-state index in [1.165, 1.54) is 0 Å². The highest BCUT2D eigenvalue weighted by atomic mass is 32.2. The van der Waals surface area contributed by atoms with Crippen LogP contribution in [0, 0.1) is 0 Å². The highest BCUT2D eigenvalue weighted by Gasteiger charge is 2.24. The quantitative estimate of drug-likeness (QED) is 0.269. The number of rotatable bonds is 11. The Morgan fingerprint density at radius 2 is 1.00 bits per heavy atom. The van der Waals surface area contributed by atoms with Crippen LogP contribution in [-0.4, -0.2) is 14.0 Å². The van der Waals surface area contributed by atoms with Crippen LogP contribution in [0.25, 0.3) is 0 Å². The van der Waals surface area contributed by atoms with Crippen molar-refractivity contribution in [2.24, 2.45) is 0 Å². The van der Waals surface area contributed by atoms with Crippen LogP contribution < -0.4 is 9.47 Å². The lowest BCUT2D eigenvalue weighted by molar-refractivity contribution is 0.0802. The van der Waals surface area contributed by atoms with Gasteiger partial charge in [0.15, 0.2) is 0 Å². The summed E-state index contributed by atoms with van der Waals surface area (Å²) in [5.74, 6) is 2.03. The highest BCUT2D eigenvalue weighted by Crippen LogP contribution is 2.33. The van der Waals surface area contributed by atoms with E-state index in [2.05, 4.69) is 41.5 Å². The van der Waals surface area contributed by atoms with Crippen molar-refractivity contribution in [3.05, 3.63) is 78.4 Å². The van der Waals surface area contributed by atoms with E-state index in [0.717, 1.165) is 37.0 Å². The average molecular weight is 495 g/mol. The van der Waals surface area contributed by atoms with Gasteiger partial charge in [0.1, 0.15) is 22.8 Å². The fraction of sp³-hybridized carbons (Fsp3) is 0.400. The van der Waals surface area contributed by atoms with Crippen LogP contribution in [0.4, 0.5) is 0 Å². The van der Waals surface area contributed by atoms with E-state index >= 15 is 0 Å². The van der Waals surface area contributed by atoms with Gasteiger partial charge in [-0.05, 0) is 104 Å². The second-order valence-electron chi connectivity index (χ2n) is 9.60. The smallest absolute Gasteiger partial charge is 0.206 e. The molecule has 0 unspecified atom stereocenters. The van der Waals surface area contributed by atoms with Crippen molar-refractivity contribution in [2.45, 2.75) is 88.0 Å². The summed E-state index contributed by atoms with van der Waals surface area (Å²) in [6.45, 7) is 12.9. The van der Waals surface area contributed by atoms with Crippen molar-refractivity contribution in [2.75, 3.05) is 0 Å². The maximum atomic E-state index is 13.1. The third-order valence-electron chi connectivity index (χ3n) is 7.48. The first kappa shape index (κ1) is 26.8. The first-order chi connectivity index (χ1) is 16.6. The summed E-state index contributed by atoms with van der Waals surface area (Å²) in [7, 11) is -3.60. The molecule has 0 saturated heterocycles. The maximum absolute atomic E-state index is 13.1. The lowest BCUT2D eigenvalue weighted by Crippen LogP contribution is -2.30. The lowest BCUT2D eigenvalue weighted by atomic mass is 9.78. The number of hydrogen-bond acceptors (Lipinski definition) is 4. The molecule has 0 bridgehead atoms. The molecular formula is C30H38O4S. The number of benzene rings is 3. The molecule has 0 aliphatic heterocycles. The molecule has 3 rings (SSSR count). The Morgan fingerprint density at radius 3 is 1.43 bits per heavy atom. The van der Waals surface area contributed by atoms with Gasteiger partial charge in [-0.1, -0.05) is 46.8 Å². The zero-order valence-electron chi connectivity index (χ0n) is 21.8. The van der Waals surface area contributed by atoms with Crippen molar-refractivity contribution in [1.82, 2.24) is 0 Å². The molecule has 0 saturated carbocycles. The first-order valence-corrected chi connectivity index (χ1v) is 14.0. The van der Waals surface area contributed by atoms with Gasteiger partial charge >= 0.3 is 0 Å². The Labute approximate surface area is 211 Å². The second kappa shape index (κ2) is 10.9. The van der Waals surface area contributed by atoms with Crippen LogP contribution in [0.1, 0.15) is 72.8 Å². The molecule has 4 nitrogen and oxygen atoms in total. The van der Waals surface area contributed by atoms with Crippen LogP contribution in [0.15, 0.2) is 82.6 Å². The summed E-state index contributed by atoms with van der Waals surface area (Å²) in [4.78, 5) is 0.541. The van der Waals surface area contributed by atoms with Crippen molar-refractivity contribution in [3.63, 3.8) is 0 Å². The van der Waals surface area contributed by atoms with Crippen molar-refractivity contribution in [1.29, 1.82) is 0 Å². The van der Waals surface area contributed by atoms with Gasteiger partial charge in [-0.25, -0.2) is 8.42 Å². The molecule has 0 amide bonds. The molecule has 0 heterocycles. The molecule has 35 heavy (non-hydrogen) atoms. The fourth-order valence-corrected chi connectivity index (χ4v) is 5.17. The predicted octanol–water partition coefficient (Wildman–Crippen LogP) is 8.35. The third-order valence-corrected chi connectivity index (χ3v) is 9.26. The molecule has 0 aliphatic carbocycles. The lowest BCUT2D eigenvalue weighted by Gasteiger charge is -2.28. The van der Waals surface area contributed by atoms with E-state index in [9.17, 15) is 8.42 Å². The molecule has 188 valence electrons. The monoisotopic (exact) mass is 494 g/mol. The largest absolute Gasteiger partial charge is 0.488 e. The first-order valence-electron chi connectivity index (χ1n) is 12.5. The van der Waals surface area contributed by atoms with Gasteiger partial charge in [-0.15, -0.1) is 0 Å². The van der Waals surface area contributed by atoms with E-state index in [0.29, 0.717) is 16.4 Å². The molecule has 0 atom stereocenters. The van der Waals surface area contributed by atoms with Crippen LogP contribution in [0.5, 0.6) is 17.2 Å². The Balaban J connectivity index is 1.71. The molecule has 5 heteroatoms. The number of sulfone groups is 1. The normalized spacial score (nSPS) is 12.4. The summed E-state index contributed by atoms with van der Waals surface area (Å²) < 4.78 is 38.3. The van der Waals surface area contributed by atoms with Gasteiger partial charge in [0.2, 0.25) is 9.84 Å². The summed E-state index contributed by atoms with van der Waals surface area (Å²) in [5, 5.41) is 0. The van der Waals surface area contributed by atoms with E-state index in [-0.39, 0.29) is 15.9 Å². The van der Waals surface area contributed by atoms with Crippen LogP contribution >= 0.6 is 0 Å². The Hall–Kier alpha value is -2.79. The van der Waals surface area contributed by atoms with Crippen molar-refractivity contribution in [3.8, 4) is 17.2 Å². The van der Waals surface area contributed by atoms with Crippen molar-refractivity contribution < 1.29 is 17.9 Å². The maximum Gasteiger partial charge on any atom is 0.206 e. The average Bonchev–Trinajstić information content (AvgIpc) is 2.89. The van der Waals surface area contributed by atoms with Crippen molar-refractivity contribution >= 4 is 9.84 Å². The summed E-state index contributed by atoms with van der Waals surface area (Å²) in [6.07, 6.45) is 3.86. The molecule has 0 fully saturated rings. The molecular weight excluding hydrogens is 456 g/mol. The van der Waals surface area contributed by atoms with Gasteiger partial charge in [-0.3, -0.25) is 0 Å². The molecule has 0 N–H and O–H groups in total. The molecule has 0 aromatic heterocycles. The zero-order valence-corrected chi connectivity index (χ0v) is 22.6. The van der Waals surface area contributed by atoms with Gasteiger partial charge in [0, 0.05) is 0 Å². The van der Waals surface area contributed by atoms with Gasteiger partial charge in [0.25, 0.3) is 0 Å². The van der Waals surface area contributed by atoms with Gasteiger partial charge < -0.3 is 9.47 Å². The SMILES string of the molecule is CCC(C)(CC)Oc1ccc(Oc2ccc(S(=O)(=O)c3ccc(C(C)(CC)CC)cc3)cc2)cc1. The minimum Gasteiger partial charge on any atom is -0.488 e. The Kier molecular flexibility index (Phi) is 8.32. The minimum atomic E-state index is -3.60. The molecule has 3 aromatic carbocycles. The second-order valence-corrected chi connectivity index (χ2v) is 11.5. The molecule has 0 radical (unpaired) electrons. The van der Waals surface area contributed by atoms with Gasteiger partial charge in [0.05, 0.1) is 9.79 Å². The van der Waals surface area contributed by atoms with E-state index in [1.807, 2.05) is 36.4 Å². The summed E-state index contributed by atoms with van der Waals surface area (Å²) in [6, 6.07) is 21.3. The van der Waals surface area contributed by atoms with Crippen LogP contribution in [0.2, 0.25) is 0 Å². The third kappa shape index (κ3) is 6.07. The highest BCUT2D eigenvalue weighted by molar-refractivity contribution is 7.91. The molecule has 0 spiro atoms. The van der Waals surface area contributed by atoms with Gasteiger partial charge in [-0.2, -0.15) is 0 Å². The van der Waals surface area contributed by atoms with Crippen LogP contribution in [-0.2, 0) is 15.3 Å². The zero-order chi connectivity index (χ0) is 25.7. The number of ether oxygens (including phenoxy) is 2. The van der Waals surface area contributed by atoms with E-state index in [1.54, 1.807) is 36.4 Å². The van der Waals surface area contributed by atoms with E-state index < -0.39 is 9.84 Å². The number of hydrogen-bond donors (Lipinski definition) is 0. The Bertz CT molecular complexity index is 1190. The van der Waals surface area contributed by atoms with Crippen LogP contribution in [0.3, 0.4) is 0 Å². The summed E-state index contributed by atoms with van der Waals surface area (Å²) in [5.41, 5.74) is 1.03.